The third kappa shape index (κ3) is 5.68. The van der Waals surface area contributed by atoms with Crippen LogP contribution in [0, 0.1) is 30.6 Å². The fourth-order valence-corrected chi connectivity index (χ4v) is 12.8. The van der Waals surface area contributed by atoms with Gasteiger partial charge in [0.15, 0.2) is 0 Å². The molecule has 0 bridgehead atoms. The maximum Gasteiger partial charge on any atom is 0.282 e. The highest BCUT2D eigenvalue weighted by atomic mass is 32.2. The summed E-state index contributed by atoms with van der Waals surface area (Å²) < 4.78 is 38.4. The molecule has 0 aromatic heterocycles. The van der Waals surface area contributed by atoms with Gasteiger partial charge in [-0.2, -0.15) is 12.8 Å². The number of hydrogen-bond donors (Lipinski definition) is 0. The van der Waals surface area contributed by atoms with Crippen molar-refractivity contribution in [2.24, 2.45) is 15.7 Å². The molecule has 0 saturated heterocycles. The van der Waals surface area contributed by atoms with Crippen LogP contribution in [0.4, 0.5) is 0 Å². The molecule has 0 spiro atoms. The predicted octanol–water partition coefficient (Wildman–Crippen LogP) is 8.44. The first-order valence-electron chi connectivity index (χ1n) is 13.5. The number of terminal acetylenes is 1. The Balaban J connectivity index is 2.68. The van der Waals surface area contributed by atoms with Gasteiger partial charge in [0.1, 0.15) is 0 Å². The van der Waals surface area contributed by atoms with Crippen LogP contribution >= 0.6 is 0 Å². The van der Waals surface area contributed by atoms with E-state index in [0.29, 0.717) is 41.6 Å². The molecule has 1 aromatic carbocycles. The van der Waals surface area contributed by atoms with Gasteiger partial charge in [-0.1, -0.05) is 85.4 Å². The number of benzene rings is 1. The zero-order chi connectivity index (χ0) is 27.5. The van der Waals surface area contributed by atoms with Gasteiger partial charge in [-0.15, -0.1) is 6.42 Å². The van der Waals surface area contributed by atoms with E-state index >= 15 is 0 Å². The Morgan fingerprint density at radius 1 is 1.06 bits per heavy atom. The molecule has 0 unspecified atom stereocenters. The Hall–Kier alpha value is -1.84. The fourth-order valence-electron chi connectivity index (χ4n) is 6.28. The van der Waals surface area contributed by atoms with Crippen molar-refractivity contribution in [3.8, 4) is 12.3 Å². The minimum Gasteiger partial charge on any atom is -0.546 e. The lowest BCUT2D eigenvalue weighted by molar-refractivity contribution is 0.333. The molecule has 4 nitrogen and oxygen atoms in total. The lowest BCUT2D eigenvalue weighted by Crippen LogP contribution is -2.47. The average Bonchev–Trinajstić information content (AvgIpc) is 2.88. The molecule has 0 radical (unpaired) electrons. The summed E-state index contributed by atoms with van der Waals surface area (Å²) in [6, 6.07) is 6.85. The third-order valence-corrected chi connectivity index (χ3v) is 15.7. The molecule has 200 valence electrons. The van der Waals surface area contributed by atoms with Crippen molar-refractivity contribution >= 4 is 24.1 Å². The quantitative estimate of drug-likeness (QED) is 0.238. The van der Waals surface area contributed by atoms with Gasteiger partial charge in [0, 0.05) is 12.3 Å². The van der Waals surface area contributed by atoms with Gasteiger partial charge >= 0.3 is 0 Å². The van der Waals surface area contributed by atoms with Crippen LogP contribution in [0.3, 0.4) is 0 Å². The van der Waals surface area contributed by atoms with Crippen LogP contribution < -0.4 is 0 Å². The van der Waals surface area contributed by atoms with E-state index in [-0.39, 0.29) is 10.8 Å². The first-order chi connectivity index (χ1) is 16.7. The van der Waals surface area contributed by atoms with Crippen molar-refractivity contribution in [2.75, 3.05) is 0 Å². The van der Waals surface area contributed by atoms with E-state index in [0.717, 1.165) is 23.3 Å². The molecule has 1 aromatic rings. The summed E-state index contributed by atoms with van der Waals surface area (Å²) in [6.45, 7) is 22.0. The van der Waals surface area contributed by atoms with E-state index in [1.807, 2.05) is 6.92 Å². The van der Waals surface area contributed by atoms with E-state index in [1.165, 1.54) is 0 Å². The average molecular weight is 530 g/mol. The van der Waals surface area contributed by atoms with Crippen LogP contribution in [0.25, 0.3) is 0 Å². The van der Waals surface area contributed by atoms with Crippen molar-refractivity contribution in [3.05, 3.63) is 41.2 Å². The summed E-state index contributed by atoms with van der Waals surface area (Å²) in [7, 11) is -6.06. The van der Waals surface area contributed by atoms with Gasteiger partial charge in [-0.3, -0.25) is 0 Å². The Morgan fingerprint density at radius 2 is 1.58 bits per heavy atom. The van der Waals surface area contributed by atoms with Crippen LogP contribution in [0.2, 0.25) is 16.6 Å². The lowest BCUT2D eigenvalue weighted by Gasteiger charge is -2.43. The van der Waals surface area contributed by atoms with Crippen molar-refractivity contribution in [3.63, 3.8) is 0 Å². The first-order valence-corrected chi connectivity index (χ1v) is 17.0. The molecular formula is C30H47NO3SSi. The maximum absolute atomic E-state index is 13.4. The second-order valence-corrected chi connectivity index (χ2v) is 18.4. The van der Waals surface area contributed by atoms with Gasteiger partial charge < -0.3 is 4.43 Å². The number of nitrogens with zero attached hydrogens (tertiary/aromatic N) is 1. The largest absolute Gasteiger partial charge is 0.546 e. The number of aryl methyl sites for hydroxylation is 1. The number of rotatable bonds is 9. The van der Waals surface area contributed by atoms with Crippen molar-refractivity contribution in [1.29, 1.82) is 0 Å². The molecule has 2 rings (SSSR count). The minimum absolute atomic E-state index is 0.0786. The highest BCUT2D eigenvalue weighted by molar-refractivity contribution is 7.90. The zero-order valence-electron chi connectivity index (χ0n) is 24.1. The Morgan fingerprint density at radius 3 is 2.03 bits per heavy atom. The van der Waals surface area contributed by atoms with Gasteiger partial charge in [0.25, 0.3) is 18.3 Å². The molecule has 1 aliphatic carbocycles. The number of allylic oxidation sites excluding steroid dienone is 2. The molecule has 0 amide bonds. The number of hydrogen-bond acceptors (Lipinski definition) is 3. The van der Waals surface area contributed by atoms with Crippen molar-refractivity contribution in [2.45, 2.75) is 116 Å². The number of sulfonamides is 1. The monoisotopic (exact) mass is 529 g/mol. The van der Waals surface area contributed by atoms with Crippen LogP contribution in [-0.2, 0) is 14.4 Å². The summed E-state index contributed by atoms with van der Waals surface area (Å²) in [4.78, 5) is 0.201. The summed E-state index contributed by atoms with van der Waals surface area (Å²) in [6.07, 6.45) is 8.86. The van der Waals surface area contributed by atoms with E-state index in [1.54, 1.807) is 24.3 Å². The summed E-state index contributed by atoms with van der Waals surface area (Å²) in [5.41, 5.74) is 3.29. The van der Waals surface area contributed by atoms with Crippen molar-refractivity contribution in [1.82, 2.24) is 0 Å². The van der Waals surface area contributed by atoms with Crippen molar-refractivity contribution < 1.29 is 12.8 Å². The standard InChI is InChI=1S/C30H47NO3SSi/c1-12-20-30(13-2)26(11)25(10)28(34-36(21(3)4,22(5)6)23(7)8)18-19-29(30)31-35(32,33)27-16-14-24(9)15-17-27/h2,14-17,21-23,26H,12,18-20H2,1,3-11H3/b31-29+/t26-,30-/m0/s1. The molecule has 0 fully saturated rings. The molecule has 2 atom stereocenters. The molecule has 0 heterocycles. The molecular weight excluding hydrogens is 482 g/mol. The van der Waals surface area contributed by atoms with Gasteiger partial charge in [0.05, 0.1) is 21.8 Å². The molecule has 36 heavy (non-hydrogen) atoms. The summed E-state index contributed by atoms with van der Waals surface area (Å²) in [5, 5.41) is 0. The minimum atomic E-state index is -3.88. The van der Waals surface area contributed by atoms with Crippen LogP contribution in [0.5, 0.6) is 0 Å². The van der Waals surface area contributed by atoms with E-state index in [2.05, 4.69) is 72.6 Å². The SMILES string of the molecule is C#C[C@@]1(CCC)/C(=N/S(=O)(=O)c2ccc(C)cc2)CCC(O[Si](C(C)C)(C(C)C)C(C)C)=C(C)[C@@H]1C. The van der Waals surface area contributed by atoms with E-state index in [4.69, 9.17) is 10.8 Å². The third-order valence-electron chi connectivity index (χ3n) is 8.39. The highest BCUT2D eigenvalue weighted by Gasteiger charge is 2.49. The highest BCUT2D eigenvalue weighted by Crippen LogP contribution is 2.49. The lowest BCUT2D eigenvalue weighted by atomic mass is 9.68. The molecule has 6 heteroatoms. The Labute approximate surface area is 222 Å². The predicted molar refractivity (Wildman–Crippen MR) is 155 cm³/mol. The van der Waals surface area contributed by atoms with E-state index < -0.39 is 23.8 Å². The first kappa shape index (κ1) is 30.4. The Kier molecular flexibility index (Phi) is 9.87. The Bertz CT molecular complexity index is 1100. The fraction of sp³-hybridized carbons (Fsp3) is 0.633. The molecule has 0 aliphatic heterocycles. The van der Waals surface area contributed by atoms with Crippen LogP contribution in [0.1, 0.15) is 93.6 Å². The topological polar surface area (TPSA) is 55.7 Å². The second-order valence-electron chi connectivity index (χ2n) is 11.4. The van der Waals surface area contributed by atoms with Gasteiger partial charge in [-0.05, 0) is 61.0 Å². The zero-order valence-corrected chi connectivity index (χ0v) is 25.9. The van der Waals surface area contributed by atoms with Crippen LogP contribution in [0.15, 0.2) is 44.9 Å². The summed E-state index contributed by atoms with van der Waals surface area (Å²) in [5.74, 6) is 3.97. The van der Waals surface area contributed by atoms with Gasteiger partial charge in [-0.25, -0.2) is 0 Å². The maximum atomic E-state index is 13.4. The smallest absolute Gasteiger partial charge is 0.282 e. The molecule has 0 saturated carbocycles. The van der Waals surface area contributed by atoms with E-state index in [9.17, 15) is 8.42 Å². The van der Waals surface area contributed by atoms with Crippen LogP contribution in [-0.4, -0.2) is 22.4 Å². The normalized spacial score (nSPS) is 22.9. The molecule has 1 aliphatic rings. The second kappa shape index (κ2) is 11.7. The summed E-state index contributed by atoms with van der Waals surface area (Å²) >= 11 is 0. The van der Waals surface area contributed by atoms with Gasteiger partial charge in [0.2, 0.25) is 0 Å². The molecule has 0 N–H and O–H groups in total.